The Hall–Kier alpha value is -0.870. The molecular formula is C13H25N3O. The van der Waals surface area contributed by atoms with Crippen LogP contribution in [0.4, 0.5) is 0 Å². The van der Waals surface area contributed by atoms with E-state index >= 15 is 0 Å². The summed E-state index contributed by atoms with van der Waals surface area (Å²) in [6, 6.07) is 2.19. The van der Waals surface area contributed by atoms with Gasteiger partial charge < -0.3 is 10.1 Å². The fourth-order valence-electron chi connectivity index (χ4n) is 1.89. The van der Waals surface area contributed by atoms with Gasteiger partial charge in [0, 0.05) is 33.4 Å². The molecule has 1 atom stereocenters. The van der Waals surface area contributed by atoms with E-state index in [-0.39, 0.29) is 0 Å². The largest absolute Gasteiger partial charge is 0.384 e. The van der Waals surface area contributed by atoms with Crippen molar-refractivity contribution in [3.8, 4) is 0 Å². The van der Waals surface area contributed by atoms with Crippen LogP contribution in [0.15, 0.2) is 6.07 Å². The van der Waals surface area contributed by atoms with Crippen molar-refractivity contribution in [2.75, 3.05) is 20.3 Å². The third-order valence-electron chi connectivity index (χ3n) is 2.83. The van der Waals surface area contributed by atoms with E-state index in [0.29, 0.717) is 5.92 Å². The lowest BCUT2D eigenvalue weighted by atomic mass is 10.2. The lowest BCUT2D eigenvalue weighted by molar-refractivity contribution is 0.158. The maximum Gasteiger partial charge on any atom is 0.0625 e. The number of hydrogen-bond donors (Lipinski definition) is 1. The van der Waals surface area contributed by atoms with Crippen molar-refractivity contribution >= 4 is 0 Å². The first-order valence-corrected chi connectivity index (χ1v) is 6.46. The third-order valence-corrected chi connectivity index (χ3v) is 2.83. The zero-order valence-corrected chi connectivity index (χ0v) is 11.5. The van der Waals surface area contributed by atoms with Crippen molar-refractivity contribution in [1.29, 1.82) is 0 Å². The lowest BCUT2D eigenvalue weighted by Gasteiger charge is -2.11. The standard InChI is InChI=1S/C13H25N3O/c1-5-12-7-13(16(6-2)15-12)9-14-8-11(3)10-17-4/h7,11,14H,5-6,8-10H2,1-4H3. The zero-order chi connectivity index (χ0) is 12.7. The second kappa shape index (κ2) is 7.45. The Morgan fingerprint density at radius 3 is 2.82 bits per heavy atom. The van der Waals surface area contributed by atoms with Gasteiger partial charge in [-0.15, -0.1) is 0 Å². The van der Waals surface area contributed by atoms with E-state index in [0.717, 1.165) is 32.7 Å². The van der Waals surface area contributed by atoms with Crippen LogP contribution < -0.4 is 5.32 Å². The predicted octanol–water partition coefficient (Wildman–Crippen LogP) is 1.84. The first-order chi connectivity index (χ1) is 8.21. The predicted molar refractivity (Wildman–Crippen MR) is 70.0 cm³/mol. The molecular weight excluding hydrogens is 214 g/mol. The van der Waals surface area contributed by atoms with Crippen LogP contribution in [-0.4, -0.2) is 30.0 Å². The minimum absolute atomic E-state index is 0.545. The van der Waals surface area contributed by atoms with Crippen molar-refractivity contribution in [2.24, 2.45) is 5.92 Å². The minimum Gasteiger partial charge on any atom is -0.384 e. The van der Waals surface area contributed by atoms with Crippen LogP contribution in [0.25, 0.3) is 0 Å². The van der Waals surface area contributed by atoms with Crippen molar-refractivity contribution in [3.05, 3.63) is 17.5 Å². The Labute approximate surface area is 104 Å². The van der Waals surface area contributed by atoms with E-state index in [1.165, 1.54) is 11.4 Å². The molecule has 0 aliphatic heterocycles. The first-order valence-electron chi connectivity index (χ1n) is 6.46. The monoisotopic (exact) mass is 239 g/mol. The number of nitrogens with one attached hydrogen (secondary N) is 1. The molecule has 0 fully saturated rings. The molecule has 1 unspecified atom stereocenters. The van der Waals surface area contributed by atoms with Gasteiger partial charge in [-0.2, -0.15) is 5.10 Å². The van der Waals surface area contributed by atoms with E-state index in [4.69, 9.17) is 4.74 Å². The smallest absolute Gasteiger partial charge is 0.0625 e. The molecule has 4 nitrogen and oxygen atoms in total. The summed E-state index contributed by atoms with van der Waals surface area (Å²) in [6.45, 7) is 10.1. The van der Waals surface area contributed by atoms with Crippen LogP contribution in [0.2, 0.25) is 0 Å². The van der Waals surface area contributed by atoms with Gasteiger partial charge in [0.15, 0.2) is 0 Å². The van der Waals surface area contributed by atoms with Gasteiger partial charge in [0.2, 0.25) is 0 Å². The minimum atomic E-state index is 0.545. The summed E-state index contributed by atoms with van der Waals surface area (Å²) in [5, 5.41) is 7.99. The fourth-order valence-corrected chi connectivity index (χ4v) is 1.89. The number of aryl methyl sites for hydroxylation is 2. The van der Waals surface area contributed by atoms with Crippen LogP contribution in [0.1, 0.15) is 32.2 Å². The molecule has 1 rings (SSSR count). The molecule has 1 N–H and O–H groups in total. The molecule has 0 aliphatic carbocycles. The van der Waals surface area contributed by atoms with Crippen LogP contribution in [0.3, 0.4) is 0 Å². The van der Waals surface area contributed by atoms with Crippen LogP contribution in [-0.2, 0) is 24.2 Å². The van der Waals surface area contributed by atoms with Gasteiger partial charge >= 0.3 is 0 Å². The highest BCUT2D eigenvalue weighted by Gasteiger charge is 2.06. The Bertz CT molecular complexity index is 322. The van der Waals surface area contributed by atoms with Gasteiger partial charge in [-0.25, -0.2) is 0 Å². The summed E-state index contributed by atoms with van der Waals surface area (Å²) >= 11 is 0. The number of ether oxygens (including phenoxy) is 1. The van der Waals surface area contributed by atoms with E-state index < -0.39 is 0 Å². The average molecular weight is 239 g/mol. The second-order valence-corrected chi connectivity index (χ2v) is 4.49. The van der Waals surface area contributed by atoms with Crippen molar-refractivity contribution in [1.82, 2.24) is 15.1 Å². The summed E-state index contributed by atoms with van der Waals surface area (Å²) in [7, 11) is 1.75. The third kappa shape index (κ3) is 4.48. The number of methoxy groups -OCH3 is 1. The van der Waals surface area contributed by atoms with Crippen molar-refractivity contribution in [3.63, 3.8) is 0 Å². The van der Waals surface area contributed by atoms with Crippen LogP contribution in [0, 0.1) is 5.92 Å². The molecule has 0 aromatic carbocycles. The Balaban J connectivity index is 2.42. The number of rotatable bonds is 8. The SMILES string of the molecule is CCc1cc(CNCC(C)COC)n(CC)n1. The molecule has 0 saturated carbocycles. The van der Waals surface area contributed by atoms with E-state index in [2.05, 4.69) is 41.9 Å². The summed E-state index contributed by atoms with van der Waals surface area (Å²) in [5.74, 6) is 0.545. The summed E-state index contributed by atoms with van der Waals surface area (Å²) < 4.78 is 7.19. The van der Waals surface area contributed by atoms with Gasteiger partial charge in [-0.3, -0.25) is 4.68 Å². The highest BCUT2D eigenvalue weighted by molar-refractivity contribution is 5.10. The van der Waals surface area contributed by atoms with Gasteiger partial charge in [0.1, 0.15) is 0 Å². The van der Waals surface area contributed by atoms with Crippen LogP contribution >= 0.6 is 0 Å². The highest BCUT2D eigenvalue weighted by Crippen LogP contribution is 2.05. The van der Waals surface area contributed by atoms with Gasteiger partial charge in [-0.1, -0.05) is 13.8 Å². The summed E-state index contributed by atoms with van der Waals surface area (Å²) in [6.07, 6.45) is 1.00. The Morgan fingerprint density at radius 1 is 1.47 bits per heavy atom. The molecule has 4 heteroatoms. The Kier molecular flexibility index (Phi) is 6.22. The number of hydrogen-bond acceptors (Lipinski definition) is 3. The van der Waals surface area contributed by atoms with Crippen molar-refractivity contribution in [2.45, 2.75) is 40.3 Å². The molecule has 1 aromatic heterocycles. The average Bonchev–Trinajstić information content (AvgIpc) is 2.72. The quantitative estimate of drug-likeness (QED) is 0.752. The van der Waals surface area contributed by atoms with E-state index in [1.54, 1.807) is 7.11 Å². The Morgan fingerprint density at radius 2 is 2.24 bits per heavy atom. The van der Waals surface area contributed by atoms with Gasteiger partial charge in [-0.05, 0) is 25.3 Å². The van der Waals surface area contributed by atoms with Crippen LogP contribution in [0.5, 0.6) is 0 Å². The zero-order valence-electron chi connectivity index (χ0n) is 11.5. The van der Waals surface area contributed by atoms with E-state index in [9.17, 15) is 0 Å². The second-order valence-electron chi connectivity index (χ2n) is 4.49. The normalized spacial score (nSPS) is 12.9. The molecule has 0 saturated heterocycles. The lowest BCUT2D eigenvalue weighted by Crippen LogP contribution is -2.24. The first kappa shape index (κ1) is 14.2. The number of nitrogens with zero attached hydrogens (tertiary/aromatic N) is 2. The van der Waals surface area contributed by atoms with E-state index in [1.807, 2.05) is 0 Å². The molecule has 1 aromatic rings. The topological polar surface area (TPSA) is 39.1 Å². The maximum atomic E-state index is 5.12. The molecule has 0 aliphatic rings. The molecule has 0 spiro atoms. The molecule has 0 bridgehead atoms. The fraction of sp³-hybridized carbons (Fsp3) is 0.769. The number of aromatic nitrogens is 2. The van der Waals surface area contributed by atoms with Crippen molar-refractivity contribution < 1.29 is 4.74 Å². The summed E-state index contributed by atoms with van der Waals surface area (Å²) in [5.41, 5.74) is 2.45. The maximum absolute atomic E-state index is 5.12. The summed E-state index contributed by atoms with van der Waals surface area (Å²) in [4.78, 5) is 0. The molecule has 1 heterocycles. The molecule has 17 heavy (non-hydrogen) atoms. The van der Waals surface area contributed by atoms with Gasteiger partial charge in [0.25, 0.3) is 0 Å². The molecule has 98 valence electrons. The highest BCUT2D eigenvalue weighted by atomic mass is 16.5. The molecule has 0 radical (unpaired) electrons. The van der Waals surface area contributed by atoms with Gasteiger partial charge in [0.05, 0.1) is 11.4 Å². The molecule has 0 amide bonds.